The smallest absolute Gasteiger partial charge is 0.321 e. The molecule has 0 heterocycles. The van der Waals surface area contributed by atoms with Crippen molar-refractivity contribution in [2.45, 2.75) is 19.8 Å². The van der Waals surface area contributed by atoms with Gasteiger partial charge in [-0.15, -0.1) is 0 Å². The van der Waals surface area contributed by atoms with Gasteiger partial charge >= 0.3 is 6.03 Å². The van der Waals surface area contributed by atoms with Crippen LogP contribution in [0.3, 0.4) is 0 Å². The number of halogens is 2. The van der Waals surface area contributed by atoms with Gasteiger partial charge in [0.1, 0.15) is 0 Å². The van der Waals surface area contributed by atoms with Crippen LogP contribution in [0, 0.1) is 11.6 Å². The molecular formula is C12H16F2N2O. The molecule has 0 aliphatic rings. The van der Waals surface area contributed by atoms with Crippen LogP contribution in [0.15, 0.2) is 18.2 Å². The highest BCUT2D eigenvalue weighted by atomic mass is 19.2. The summed E-state index contributed by atoms with van der Waals surface area (Å²) < 4.78 is 25.6. The zero-order chi connectivity index (χ0) is 12.8. The lowest BCUT2D eigenvalue weighted by molar-refractivity contribution is 0.222. The molecule has 5 heteroatoms. The van der Waals surface area contributed by atoms with Gasteiger partial charge in [-0.05, 0) is 18.6 Å². The van der Waals surface area contributed by atoms with Crippen molar-refractivity contribution < 1.29 is 13.6 Å². The van der Waals surface area contributed by atoms with Crippen molar-refractivity contribution in [1.82, 2.24) is 4.90 Å². The summed E-state index contributed by atoms with van der Waals surface area (Å²) >= 11 is 0. The highest BCUT2D eigenvalue weighted by Gasteiger charge is 2.09. The number of amides is 2. The lowest BCUT2D eigenvalue weighted by Gasteiger charge is -2.17. The standard InChI is InChI=1S/C12H16F2N2O/c1-3-4-7-16(2)12(17)15-9-5-6-10(13)11(14)8-9/h5-6,8H,3-4,7H2,1-2H3,(H,15,17). The fourth-order valence-corrected chi connectivity index (χ4v) is 1.29. The Labute approximate surface area is 99.4 Å². The molecule has 0 radical (unpaired) electrons. The monoisotopic (exact) mass is 242 g/mol. The molecular weight excluding hydrogens is 226 g/mol. The van der Waals surface area contributed by atoms with Crippen LogP contribution in [0.25, 0.3) is 0 Å². The third-order valence-corrected chi connectivity index (χ3v) is 2.36. The quantitative estimate of drug-likeness (QED) is 0.863. The Hall–Kier alpha value is -1.65. The SMILES string of the molecule is CCCCN(C)C(=O)Nc1ccc(F)c(F)c1. The third-order valence-electron chi connectivity index (χ3n) is 2.36. The van der Waals surface area contributed by atoms with E-state index in [4.69, 9.17) is 0 Å². The highest BCUT2D eigenvalue weighted by molar-refractivity contribution is 5.89. The summed E-state index contributed by atoms with van der Waals surface area (Å²) in [5.74, 6) is -1.90. The average molecular weight is 242 g/mol. The van der Waals surface area contributed by atoms with Crippen molar-refractivity contribution in [1.29, 1.82) is 0 Å². The van der Waals surface area contributed by atoms with Crippen LogP contribution in [-0.4, -0.2) is 24.5 Å². The molecule has 0 spiro atoms. The maximum atomic E-state index is 12.9. The first kappa shape index (κ1) is 13.4. The van der Waals surface area contributed by atoms with Crippen molar-refractivity contribution in [3.8, 4) is 0 Å². The summed E-state index contributed by atoms with van der Waals surface area (Å²) in [5, 5.41) is 2.50. The molecule has 0 atom stereocenters. The van der Waals surface area contributed by atoms with Crippen molar-refractivity contribution >= 4 is 11.7 Å². The minimum Gasteiger partial charge on any atom is -0.328 e. The molecule has 0 aromatic heterocycles. The van der Waals surface area contributed by atoms with E-state index in [0.29, 0.717) is 6.54 Å². The van der Waals surface area contributed by atoms with E-state index in [0.717, 1.165) is 25.0 Å². The first-order valence-corrected chi connectivity index (χ1v) is 5.51. The number of hydrogen-bond donors (Lipinski definition) is 1. The Morgan fingerprint density at radius 1 is 1.35 bits per heavy atom. The molecule has 1 rings (SSSR count). The summed E-state index contributed by atoms with van der Waals surface area (Å²) in [6, 6.07) is 2.94. The number of nitrogens with one attached hydrogen (secondary N) is 1. The predicted octanol–water partition coefficient (Wildman–Crippen LogP) is 3.23. The molecule has 0 bridgehead atoms. The fourth-order valence-electron chi connectivity index (χ4n) is 1.29. The largest absolute Gasteiger partial charge is 0.328 e. The van der Waals surface area contributed by atoms with Gasteiger partial charge in [0.15, 0.2) is 11.6 Å². The number of benzene rings is 1. The molecule has 94 valence electrons. The van der Waals surface area contributed by atoms with Crippen LogP contribution in [0.2, 0.25) is 0 Å². The number of carbonyl (C=O) groups is 1. The number of anilines is 1. The molecule has 0 aliphatic heterocycles. The van der Waals surface area contributed by atoms with Crippen molar-refractivity contribution in [2.24, 2.45) is 0 Å². The average Bonchev–Trinajstić information content (AvgIpc) is 2.30. The van der Waals surface area contributed by atoms with E-state index in [1.807, 2.05) is 6.92 Å². The maximum absolute atomic E-state index is 12.9. The Kier molecular flexibility index (Phi) is 4.87. The van der Waals surface area contributed by atoms with E-state index in [1.54, 1.807) is 7.05 Å². The summed E-state index contributed by atoms with van der Waals surface area (Å²) in [4.78, 5) is 13.1. The Balaban J connectivity index is 2.58. The van der Waals surface area contributed by atoms with Gasteiger partial charge in [0, 0.05) is 25.3 Å². The van der Waals surface area contributed by atoms with Crippen molar-refractivity contribution in [3.05, 3.63) is 29.8 Å². The molecule has 1 aromatic carbocycles. The van der Waals surface area contributed by atoms with E-state index < -0.39 is 11.6 Å². The molecule has 1 aromatic rings. The summed E-state index contributed by atoms with van der Waals surface area (Å²) in [6.07, 6.45) is 1.89. The summed E-state index contributed by atoms with van der Waals surface area (Å²) in [5.41, 5.74) is 0.247. The zero-order valence-corrected chi connectivity index (χ0v) is 9.96. The number of carbonyl (C=O) groups excluding carboxylic acids is 1. The molecule has 0 fully saturated rings. The number of urea groups is 1. The molecule has 2 amide bonds. The lowest BCUT2D eigenvalue weighted by Crippen LogP contribution is -2.32. The van der Waals surface area contributed by atoms with E-state index >= 15 is 0 Å². The molecule has 0 unspecified atom stereocenters. The lowest BCUT2D eigenvalue weighted by atomic mass is 10.3. The second kappa shape index (κ2) is 6.18. The first-order valence-electron chi connectivity index (χ1n) is 5.51. The predicted molar refractivity (Wildman–Crippen MR) is 62.9 cm³/mol. The van der Waals surface area contributed by atoms with Crippen LogP contribution in [0.1, 0.15) is 19.8 Å². The van der Waals surface area contributed by atoms with Gasteiger partial charge < -0.3 is 10.2 Å². The van der Waals surface area contributed by atoms with E-state index in [-0.39, 0.29) is 11.7 Å². The van der Waals surface area contributed by atoms with Crippen LogP contribution < -0.4 is 5.32 Å². The van der Waals surface area contributed by atoms with E-state index in [2.05, 4.69) is 5.32 Å². The first-order chi connectivity index (χ1) is 8.04. The third kappa shape index (κ3) is 4.01. The normalized spacial score (nSPS) is 10.1. The van der Waals surface area contributed by atoms with Crippen LogP contribution in [0.4, 0.5) is 19.3 Å². The molecule has 0 saturated carbocycles. The van der Waals surface area contributed by atoms with E-state index in [9.17, 15) is 13.6 Å². The Morgan fingerprint density at radius 2 is 2.06 bits per heavy atom. The van der Waals surface area contributed by atoms with Gasteiger partial charge in [0.25, 0.3) is 0 Å². The van der Waals surface area contributed by atoms with Crippen molar-refractivity contribution in [2.75, 3.05) is 18.9 Å². The number of unbranched alkanes of at least 4 members (excludes halogenated alkanes) is 1. The van der Waals surface area contributed by atoms with Gasteiger partial charge in [-0.3, -0.25) is 0 Å². The molecule has 17 heavy (non-hydrogen) atoms. The minimum absolute atomic E-state index is 0.247. The van der Waals surface area contributed by atoms with Gasteiger partial charge in [-0.2, -0.15) is 0 Å². The number of rotatable bonds is 4. The molecule has 0 saturated heterocycles. The van der Waals surface area contributed by atoms with Gasteiger partial charge in [-0.25, -0.2) is 13.6 Å². The second-order valence-corrected chi connectivity index (χ2v) is 3.83. The molecule has 1 N–H and O–H groups in total. The topological polar surface area (TPSA) is 32.3 Å². The summed E-state index contributed by atoms with van der Waals surface area (Å²) in [6.45, 7) is 2.66. The van der Waals surface area contributed by atoms with Crippen LogP contribution in [-0.2, 0) is 0 Å². The van der Waals surface area contributed by atoms with Crippen LogP contribution in [0.5, 0.6) is 0 Å². The highest BCUT2D eigenvalue weighted by Crippen LogP contribution is 2.13. The minimum atomic E-state index is -0.973. The van der Waals surface area contributed by atoms with Gasteiger partial charge in [0.05, 0.1) is 0 Å². The second-order valence-electron chi connectivity index (χ2n) is 3.83. The van der Waals surface area contributed by atoms with Gasteiger partial charge in [-0.1, -0.05) is 13.3 Å². The number of nitrogens with zero attached hydrogens (tertiary/aromatic N) is 1. The maximum Gasteiger partial charge on any atom is 0.321 e. The zero-order valence-electron chi connectivity index (χ0n) is 9.96. The van der Waals surface area contributed by atoms with Crippen LogP contribution >= 0.6 is 0 Å². The molecule has 0 aliphatic carbocycles. The summed E-state index contributed by atoms with van der Waals surface area (Å²) in [7, 11) is 1.66. The Bertz CT molecular complexity index is 396. The van der Waals surface area contributed by atoms with E-state index in [1.165, 1.54) is 11.0 Å². The van der Waals surface area contributed by atoms with Gasteiger partial charge in [0.2, 0.25) is 0 Å². The Morgan fingerprint density at radius 3 is 2.65 bits per heavy atom. The number of hydrogen-bond acceptors (Lipinski definition) is 1. The van der Waals surface area contributed by atoms with Crippen molar-refractivity contribution in [3.63, 3.8) is 0 Å². The molecule has 3 nitrogen and oxygen atoms in total. The fraction of sp³-hybridized carbons (Fsp3) is 0.417.